The lowest BCUT2D eigenvalue weighted by Crippen LogP contribution is -2.10. The highest BCUT2D eigenvalue weighted by Gasteiger charge is 2.17. The number of methoxy groups -OCH3 is 1. The van der Waals surface area contributed by atoms with Crippen LogP contribution in [0.25, 0.3) is 0 Å². The van der Waals surface area contributed by atoms with Crippen molar-refractivity contribution in [3.63, 3.8) is 0 Å². The van der Waals surface area contributed by atoms with Crippen molar-refractivity contribution in [1.82, 2.24) is 0 Å². The fraction of sp³-hybridized carbons (Fsp3) is 0.176. The van der Waals surface area contributed by atoms with Crippen molar-refractivity contribution in [2.45, 2.75) is 13.5 Å². The number of halogens is 3. The van der Waals surface area contributed by atoms with Gasteiger partial charge in [0.05, 0.1) is 18.2 Å². The molecule has 0 spiro atoms. The van der Waals surface area contributed by atoms with Crippen LogP contribution in [0.2, 0.25) is 0 Å². The lowest BCUT2D eigenvalue weighted by atomic mass is 10.1. The minimum atomic E-state index is -1.08. The molecule has 0 bridgehead atoms. The summed E-state index contributed by atoms with van der Waals surface area (Å²) in [6.07, 6.45) is 0. The molecule has 2 rings (SSSR count). The first kappa shape index (κ1) is 17.5. The van der Waals surface area contributed by atoms with Gasteiger partial charge in [0.2, 0.25) is 0 Å². The third-order valence-electron chi connectivity index (χ3n) is 3.29. The van der Waals surface area contributed by atoms with E-state index in [0.29, 0.717) is 6.07 Å². The molecule has 0 unspecified atom stereocenters. The van der Waals surface area contributed by atoms with E-state index >= 15 is 0 Å². The SMILES string of the molecule is COC(=O)c1ccc(F)c(COC(=O)c2cc(C)c(F)cc2F)c1. The molecule has 126 valence electrons. The number of carbonyl (C=O) groups is 2. The number of ether oxygens (including phenoxy) is 2. The Kier molecular flexibility index (Phi) is 5.23. The zero-order valence-corrected chi connectivity index (χ0v) is 12.9. The lowest BCUT2D eigenvalue weighted by Gasteiger charge is -2.09. The molecule has 0 heterocycles. The molecule has 2 aromatic carbocycles. The van der Waals surface area contributed by atoms with Crippen molar-refractivity contribution < 1.29 is 32.2 Å². The van der Waals surface area contributed by atoms with Crippen molar-refractivity contribution in [1.29, 1.82) is 0 Å². The first-order valence-corrected chi connectivity index (χ1v) is 6.83. The molecule has 0 saturated carbocycles. The van der Waals surface area contributed by atoms with Gasteiger partial charge < -0.3 is 9.47 Å². The van der Waals surface area contributed by atoms with Gasteiger partial charge in [-0.1, -0.05) is 0 Å². The quantitative estimate of drug-likeness (QED) is 0.800. The molecule has 0 aliphatic rings. The van der Waals surface area contributed by atoms with Gasteiger partial charge >= 0.3 is 11.9 Å². The first-order chi connectivity index (χ1) is 11.3. The van der Waals surface area contributed by atoms with Gasteiger partial charge in [-0.15, -0.1) is 0 Å². The Morgan fingerprint density at radius 2 is 1.67 bits per heavy atom. The number of carbonyl (C=O) groups excluding carboxylic acids is 2. The second-order valence-corrected chi connectivity index (χ2v) is 4.96. The van der Waals surface area contributed by atoms with E-state index in [4.69, 9.17) is 4.74 Å². The Morgan fingerprint density at radius 1 is 0.958 bits per heavy atom. The van der Waals surface area contributed by atoms with E-state index in [2.05, 4.69) is 4.74 Å². The maximum Gasteiger partial charge on any atom is 0.341 e. The van der Waals surface area contributed by atoms with Crippen LogP contribution >= 0.6 is 0 Å². The predicted molar refractivity (Wildman–Crippen MR) is 78.0 cm³/mol. The van der Waals surface area contributed by atoms with Crippen molar-refractivity contribution in [3.05, 3.63) is 70.0 Å². The molecule has 4 nitrogen and oxygen atoms in total. The highest BCUT2D eigenvalue weighted by molar-refractivity contribution is 5.90. The molecule has 0 aliphatic carbocycles. The van der Waals surface area contributed by atoms with Crippen molar-refractivity contribution in [2.75, 3.05) is 7.11 Å². The van der Waals surface area contributed by atoms with E-state index in [1.807, 2.05) is 0 Å². The molecule has 0 aromatic heterocycles. The fourth-order valence-electron chi connectivity index (χ4n) is 1.96. The van der Waals surface area contributed by atoms with Gasteiger partial charge in [0, 0.05) is 11.6 Å². The van der Waals surface area contributed by atoms with Crippen LogP contribution in [0.1, 0.15) is 31.8 Å². The maximum absolute atomic E-state index is 13.7. The summed E-state index contributed by atoms with van der Waals surface area (Å²) < 4.78 is 49.9. The van der Waals surface area contributed by atoms with Gasteiger partial charge in [-0.3, -0.25) is 0 Å². The Bertz CT molecular complexity index is 803. The maximum atomic E-state index is 13.7. The van der Waals surface area contributed by atoms with Crippen molar-refractivity contribution in [3.8, 4) is 0 Å². The monoisotopic (exact) mass is 338 g/mol. The van der Waals surface area contributed by atoms with E-state index < -0.39 is 41.6 Å². The summed E-state index contributed by atoms with van der Waals surface area (Å²) in [5, 5.41) is 0. The molecule has 0 amide bonds. The zero-order valence-electron chi connectivity index (χ0n) is 12.9. The smallest absolute Gasteiger partial charge is 0.341 e. The van der Waals surface area contributed by atoms with Crippen LogP contribution in [0.3, 0.4) is 0 Å². The number of hydrogen-bond donors (Lipinski definition) is 0. The van der Waals surface area contributed by atoms with Crippen molar-refractivity contribution >= 4 is 11.9 Å². The highest BCUT2D eigenvalue weighted by Crippen LogP contribution is 2.17. The second kappa shape index (κ2) is 7.16. The predicted octanol–water partition coefficient (Wildman–Crippen LogP) is 3.56. The van der Waals surface area contributed by atoms with Gasteiger partial charge in [-0.25, -0.2) is 22.8 Å². The van der Waals surface area contributed by atoms with E-state index in [-0.39, 0.29) is 16.7 Å². The average Bonchev–Trinajstić information content (AvgIpc) is 2.56. The summed E-state index contributed by atoms with van der Waals surface area (Å²) in [5.74, 6) is -4.32. The molecule has 7 heteroatoms. The Morgan fingerprint density at radius 3 is 2.33 bits per heavy atom. The topological polar surface area (TPSA) is 52.6 Å². The van der Waals surface area contributed by atoms with Gasteiger partial charge in [0.1, 0.15) is 24.1 Å². The highest BCUT2D eigenvalue weighted by atomic mass is 19.1. The molecule has 0 radical (unpaired) electrons. The second-order valence-electron chi connectivity index (χ2n) is 4.96. The minimum absolute atomic E-state index is 0.0715. The van der Waals surface area contributed by atoms with Gasteiger partial charge in [0.25, 0.3) is 0 Å². The standard InChI is InChI=1S/C17H13F3O4/c1-9-5-12(15(20)7-14(9)19)17(22)24-8-11-6-10(16(21)23-2)3-4-13(11)18/h3-7H,8H2,1-2H3. The molecule has 24 heavy (non-hydrogen) atoms. The fourth-order valence-corrected chi connectivity index (χ4v) is 1.96. The van der Waals surface area contributed by atoms with Crippen LogP contribution in [0.4, 0.5) is 13.2 Å². The molecule has 2 aromatic rings. The third kappa shape index (κ3) is 3.73. The number of aryl methyl sites for hydroxylation is 1. The summed E-state index contributed by atoms with van der Waals surface area (Å²) in [7, 11) is 1.17. The van der Waals surface area contributed by atoms with Gasteiger partial charge in [-0.2, -0.15) is 0 Å². The first-order valence-electron chi connectivity index (χ1n) is 6.83. The Balaban J connectivity index is 2.17. The minimum Gasteiger partial charge on any atom is -0.465 e. The van der Waals surface area contributed by atoms with Gasteiger partial charge in [-0.05, 0) is 36.8 Å². The van der Waals surface area contributed by atoms with E-state index in [0.717, 1.165) is 12.1 Å². The van der Waals surface area contributed by atoms with E-state index in [1.165, 1.54) is 26.2 Å². The lowest BCUT2D eigenvalue weighted by molar-refractivity contribution is 0.0463. The molecule has 0 fully saturated rings. The van der Waals surface area contributed by atoms with Gasteiger partial charge in [0.15, 0.2) is 0 Å². The third-order valence-corrected chi connectivity index (χ3v) is 3.29. The summed E-state index contributed by atoms with van der Waals surface area (Å²) in [6.45, 7) is 0.844. The molecule has 0 aliphatic heterocycles. The van der Waals surface area contributed by atoms with Crippen LogP contribution in [0.15, 0.2) is 30.3 Å². The van der Waals surface area contributed by atoms with E-state index in [9.17, 15) is 22.8 Å². The zero-order chi connectivity index (χ0) is 17.9. The number of benzene rings is 2. The summed E-state index contributed by atoms with van der Waals surface area (Å²) >= 11 is 0. The average molecular weight is 338 g/mol. The number of esters is 2. The molecule has 0 N–H and O–H groups in total. The molecular formula is C17H13F3O4. The van der Waals surface area contributed by atoms with Crippen LogP contribution in [0.5, 0.6) is 0 Å². The molecule has 0 saturated heterocycles. The number of hydrogen-bond acceptors (Lipinski definition) is 4. The van der Waals surface area contributed by atoms with Crippen LogP contribution < -0.4 is 0 Å². The van der Waals surface area contributed by atoms with Crippen LogP contribution in [-0.2, 0) is 16.1 Å². The van der Waals surface area contributed by atoms with Crippen molar-refractivity contribution in [2.24, 2.45) is 0 Å². The Labute approximate surface area is 135 Å². The van der Waals surface area contributed by atoms with E-state index in [1.54, 1.807) is 0 Å². The number of rotatable bonds is 4. The molecular weight excluding hydrogens is 325 g/mol. The van der Waals surface area contributed by atoms with Crippen LogP contribution in [0, 0.1) is 24.4 Å². The Hall–Kier alpha value is -2.83. The summed E-state index contributed by atoms with van der Waals surface area (Å²) in [6, 6.07) is 4.99. The largest absolute Gasteiger partial charge is 0.465 e. The van der Waals surface area contributed by atoms with Crippen LogP contribution in [-0.4, -0.2) is 19.0 Å². The summed E-state index contributed by atoms with van der Waals surface area (Å²) in [5.41, 5.74) is -0.389. The summed E-state index contributed by atoms with van der Waals surface area (Å²) in [4.78, 5) is 23.3. The normalized spacial score (nSPS) is 10.4. The molecule has 0 atom stereocenters.